The van der Waals surface area contributed by atoms with Crippen LogP contribution in [0.25, 0.3) is 10.4 Å². The number of ether oxygens (including phenoxy) is 2. The summed E-state index contributed by atoms with van der Waals surface area (Å²) in [5.41, 5.74) is 8.91. The van der Waals surface area contributed by atoms with Crippen molar-refractivity contribution >= 4 is 17.6 Å². The van der Waals surface area contributed by atoms with Gasteiger partial charge in [-0.1, -0.05) is 29.7 Å². The molecular weight excluding hydrogens is 464 g/mol. The molecule has 5 rings (SSSR count). The number of anilines is 1. The molecule has 3 aromatic carbocycles. The summed E-state index contributed by atoms with van der Waals surface area (Å²) in [7, 11) is 0. The maximum atomic E-state index is 12.9. The molecular formula is C26H22N4O6. The quantitative estimate of drug-likeness (QED) is 0.100. The van der Waals surface area contributed by atoms with E-state index in [0.717, 1.165) is 0 Å². The SMILES string of the molecule is [N-]=[N+]=NCCCCCC(=O)Nc1c(O)ccc2c1Oc1cc(O)ccc1C21OC(=O)c2ccccc21. The minimum Gasteiger partial charge on any atom is -0.508 e. The Bertz CT molecular complexity index is 1430. The number of nitrogens with zero attached hydrogens (tertiary/aromatic N) is 3. The molecule has 0 saturated carbocycles. The molecule has 0 aromatic heterocycles. The van der Waals surface area contributed by atoms with Gasteiger partial charge in [0.15, 0.2) is 11.4 Å². The van der Waals surface area contributed by atoms with E-state index in [9.17, 15) is 19.8 Å². The number of carbonyl (C=O) groups is 2. The van der Waals surface area contributed by atoms with E-state index in [4.69, 9.17) is 15.0 Å². The van der Waals surface area contributed by atoms with Gasteiger partial charge in [0.05, 0.1) is 11.1 Å². The zero-order valence-corrected chi connectivity index (χ0v) is 19.1. The van der Waals surface area contributed by atoms with Gasteiger partial charge in [0, 0.05) is 35.1 Å². The van der Waals surface area contributed by atoms with Crippen molar-refractivity contribution in [2.45, 2.75) is 31.3 Å². The summed E-state index contributed by atoms with van der Waals surface area (Å²) in [4.78, 5) is 28.3. The fourth-order valence-electron chi connectivity index (χ4n) is 4.73. The van der Waals surface area contributed by atoms with E-state index in [1.165, 1.54) is 18.2 Å². The van der Waals surface area contributed by atoms with E-state index in [1.54, 1.807) is 36.4 Å². The first-order chi connectivity index (χ1) is 17.5. The van der Waals surface area contributed by atoms with E-state index in [0.29, 0.717) is 48.1 Å². The number of rotatable bonds is 7. The molecule has 0 bridgehead atoms. The van der Waals surface area contributed by atoms with Crippen LogP contribution in [-0.4, -0.2) is 28.6 Å². The highest BCUT2D eigenvalue weighted by molar-refractivity contribution is 5.99. The summed E-state index contributed by atoms with van der Waals surface area (Å²) < 4.78 is 12.1. The highest BCUT2D eigenvalue weighted by Crippen LogP contribution is 2.59. The van der Waals surface area contributed by atoms with E-state index in [-0.39, 0.29) is 41.0 Å². The molecule has 36 heavy (non-hydrogen) atoms. The number of benzene rings is 3. The number of esters is 1. The van der Waals surface area contributed by atoms with Crippen LogP contribution in [0.5, 0.6) is 23.0 Å². The highest BCUT2D eigenvalue weighted by Gasteiger charge is 2.54. The van der Waals surface area contributed by atoms with Crippen LogP contribution in [0.1, 0.15) is 52.7 Å². The molecule has 0 aliphatic carbocycles. The zero-order chi connectivity index (χ0) is 25.3. The number of amides is 1. The predicted molar refractivity (Wildman–Crippen MR) is 129 cm³/mol. The molecule has 0 saturated heterocycles. The summed E-state index contributed by atoms with van der Waals surface area (Å²) in [6.07, 6.45) is 2.11. The smallest absolute Gasteiger partial charge is 0.340 e. The standard InChI is InChI=1S/C26H22N4O6/c27-30-28-13-5-1-2-8-22(33)29-23-20(32)12-11-19-24(23)35-21-14-15(31)9-10-18(21)26(19)17-7-4-3-6-16(17)25(34)36-26/h3-4,6-7,9-12,14,31-32H,1-2,5,8,13H2,(H,29,33). The fourth-order valence-corrected chi connectivity index (χ4v) is 4.73. The van der Waals surface area contributed by atoms with Crippen LogP contribution in [0.15, 0.2) is 59.7 Å². The summed E-state index contributed by atoms with van der Waals surface area (Å²) in [6, 6.07) is 14.5. The second-order valence-electron chi connectivity index (χ2n) is 8.55. The molecule has 1 unspecified atom stereocenters. The number of unbranched alkanes of at least 4 members (excludes halogenated alkanes) is 2. The van der Waals surface area contributed by atoms with Crippen LogP contribution in [0, 0.1) is 0 Å². The maximum absolute atomic E-state index is 12.9. The van der Waals surface area contributed by atoms with Crippen LogP contribution in [-0.2, 0) is 15.1 Å². The van der Waals surface area contributed by atoms with Crippen LogP contribution in [0.4, 0.5) is 5.69 Å². The van der Waals surface area contributed by atoms with Crippen molar-refractivity contribution in [2.24, 2.45) is 5.11 Å². The third-order valence-corrected chi connectivity index (χ3v) is 6.33. The predicted octanol–water partition coefficient (Wildman–Crippen LogP) is 5.48. The molecule has 10 heteroatoms. The molecule has 182 valence electrons. The van der Waals surface area contributed by atoms with Gasteiger partial charge in [-0.2, -0.15) is 0 Å². The van der Waals surface area contributed by atoms with Gasteiger partial charge in [0.2, 0.25) is 5.91 Å². The lowest BCUT2D eigenvalue weighted by molar-refractivity contribution is -0.116. The van der Waals surface area contributed by atoms with Gasteiger partial charge < -0.3 is 25.0 Å². The van der Waals surface area contributed by atoms with Crippen LogP contribution in [0.3, 0.4) is 0 Å². The average molecular weight is 486 g/mol. The van der Waals surface area contributed by atoms with Gasteiger partial charge in [0.25, 0.3) is 0 Å². The molecule has 1 spiro atoms. The Morgan fingerprint density at radius 2 is 1.83 bits per heavy atom. The lowest BCUT2D eigenvalue weighted by atomic mass is 9.77. The summed E-state index contributed by atoms with van der Waals surface area (Å²) >= 11 is 0. The molecule has 0 radical (unpaired) electrons. The van der Waals surface area contributed by atoms with Crippen LogP contribution in [0.2, 0.25) is 0 Å². The minimum absolute atomic E-state index is 0.0420. The number of aromatic hydroxyl groups is 2. The molecule has 2 heterocycles. The second-order valence-corrected chi connectivity index (χ2v) is 8.55. The Balaban J connectivity index is 1.55. The second kappa shape index (κ2) is 9.16. The number of nitrogens with one attached hydrogen (secondary N) is 1. The topological polar surface area (TPSA) is 154 Å². The van der Waals surface area contributed by atoms with E-state index < -0.39 is 11.6 Å². The minimum atomic E-state index is -1.39. The Morgan fingerprint density at radius 1 is 1.03 bits per heavy atom. The summed E-state index contributed by atoms with van der Waals surface area (Å²) in [6.45, 7) is 0.369. The van der Waals surface area contributed by atoms with Crippen molar-refractivity contribution in [3.63, 3.8) is 0 Å². The summed E-state index contributed by atoms with van der Waals surface area (Å²) in [5, 5.41) is 27.0. The Labute approximate surface area is 205 Å². The molecule has 3 aromatic rings. The number of fused-ring (bicyclic) bond motifs is 6. The first-order valence-electron chi connectivity index (χ1n) is 11.5. The largest absolute Gasteiger partial charge is 0.508 e. The van der Waals surface area contributed by atoms with Crippen molar-refractivity contribution in [1.82, 2.24) is 0 Å². The molecule has 10 nitrogen and oxygen atoms in total. The van der Waals surface area contributed by atoms with Crippen molar-refractivity contribution in [3.05, 3.63) is 87.3 Å². The number of azide groups is 1. The molecule has 3 N–H and O–H groups in total. The van der Waals surface area contributed by atoms with E-state index >= 15 is 0 Å². The van der Waals surface area contributed by atoms with Gasteiger partial charge in [-0.05, 0) is 48.7 Å². The first-order valence-corrected chi connectivity index (χ1v) is 11.5. The van der Waals surface area contributed by atoms with E-state index in [1.807, 2.05) is 0 Å². The molecule has 2 aliphatic heterocycles. The van der Waals surface area contributed by atoms with Crippen molar-refractivity contribution in [3.8, 4) is 23.0 Å². The third-order valence-electron chi connectivity index (χ3n) is 6.33. The monoisotopic (exact) mass is 486 g/mol. The lowest BCUT2D eigenvalue weighted by Gasteiger charge is -2.37. The first kappa shape index (κ1) is 23.1. The lowest BCUT2D eigenvalue weighted by Crippen LogP contribution is -2.33. The fraction of sp³-hybridized carbons (Fsp3) is 0.231. The van der Waals surface area contributed by atoms with Crippen LogP contribution >= 0.6 is 0 Å². The molecule has 0 fully saturated rings. The third kappa shape index (κ3) is 3.73. The number of hydrogen-bond donors (Lipinski definition) is 3. The maximum Gasteiger partial charge on any atom is 0.340 e. The van der Waals surface area contributed by atoms with Gasteiger partial charge in [-0.3, -0.25) is 4.79 Å². The van der Waals surface area contributed by atoms with Crippen molar-refractivity contribution in [2.75, 3.05) is 11.9 Å². The number of carbonyl (C=O) groups excluding carboxylic acids is 2. The van der Waals surface area contributed by atoms with Gasteiger partial charge in [0.1, 0.15) is 22.9 Å². The molecule has 2 aliphatic rings. The van der Waals surface area contributed by atoms with Gasteiger partial charge >= 0.3 is 5.97 Å². The molecule has 1 amide bonds. The van der Waals surface area contributed by atoms with Gasteiger partial charge in [-0.15, -0.1) is 0 Å². The van der Waals surface area contributed by atoms with E-state index in [2.05, 4.69) is 15.3 Å². The van der Waals surface area contributed by atoms with Crippen LogP contribution < -0.4 is 10.1 Å². The molecule has 1 atom stereocenters. The van der Waals surface area contributed by atoms with Crippen molar-refractivity contribution < 1.29 is 29.3 Å². The summed E-state index contributed by atoms with van der Waals surface area (Å²) in [5.74, 6) is -0.791. The Kier molecular flexibility index (Phi) is 5.87. The number of phenolic OH excluding ortho intramolecular Hbond substituents is 2. The number of phenols is 2. The average Bonchev–Trinajstić information content (AvgIpc) is 3.16. The number of hydrogen-bond acceptors (Lipinski definition) is 7. The Morgan fingerprint density at radius 3 is 2.67 bits per heavy atom. The highest BCUT2D eigenvalue weighted by atomic mass is 16.6. The normalized spacial score (nSPS) is 16.7. The Hall–Kier alpha value is -4.69. The van der Waals surface area contributed by atoms with Gasteiger partial charge in [-0.25, -0.2) is 4.79 Å². The van der Waals surface area contributed by atoms with Crippen molar-refractivity contribution in [1.29, 1.82) is 0 Å². The zero-order valence-electron chi connectivity index (χ0n) is 19.1.